The maximum absolute atomic E-state index is 12.9. The van der Waals surface area contributed by atoms with Crippen molar-refractivity contribution in [2.24, 2.45) is 0 Å². The van der Waals surface area contributed by atoms with Gasteiger partial charge in [0.15, 0.2) is 0 Å². The molecule has 6 nitrogen and oxygen atoms in total. The minimum atomic E-state index is -3.79. The van der Waals surface area contributed by atoms with Gasteiger partial charge in [0.25, 0.3) is 5.91 Å². The molecule has 2 N–H and O–H groups in total. The van der Waals surface area contributed by atoms with Crippen molar-refractivity contribution in [1.82, 2.24) is 4.72 Å². The fraction of sp³-hybridized carbons (Fsp3) is 0.188. The van der Waals surface area contributed by atoms with Crippen molar-refractivity contribution in [3.8, 4) is 5.75 Å². The number of hydrogen-bond donors (Lipinski definition) is 2. The number of carbonyl (C=O) groups excluding carboxylic acids is 1. The summed E-state index contributed by atoms with van der Waals surface area (Å²) in [5.74, 6) is -0.803. The van der Waals surface area contributed by atoms with Crippen molar-refractivity contribution < 1.29 is 22.3 Å². The van der Waals surface area contributed by atoms with Crippen LogP contribution in [0.25, 0.3) is 0 Å². The SMILES string of the molecule is CCNS(=O)(=O)c1cc(C(=O)Nc2ccc(F)cc2)ccc1OC. The maximum Gasteiger partial charge on any atom is 0.255 e. The van der Waals surface area contributed by atoms with Gasteiger partial charge in [-0.15, -0.1) is 0 Å². The lowest BCUT2D eigenvalue weighted by molar-refractivity contribution is 0.102. The predicted molar refractivity (Wildman–Crippen MR) is 88.2 cm³/mol. The van der Waals surface area contributed by atoms with E-state index in [0.29, 0.717) is 5.69 Å². The second kappa shape index (κ2) is 7.41. The van der Waals surface area contributed by atoms with Crippen LogP contribution in [-0.2, 0) is 10.0 Å². The molecule has 0 heterocycles. The van der Waals surface area contributed by atoms with Gasteiger partial charge in [-0.1, -0.05) is 6.92 Å². The third-order valence-electron chi connectivity index (χ3n) is 3.15. The smallest absolute Gasteiger partial charge is 0.255 e. The Morgan fingerprint density at radius 1 is 1.17 bits per heavy atom. The van der Waals surface area contributed by atoms with E-state index in [1.54, 1.807) is 6.92 Å². The average Bonchev–Trinajstić information content (AvgIpc) is 2.56. The average molecular weight is 352 g/mol. The Labute approximate surface area is 139 Å². The van der Waals surface area contributed by atoms with Gasteiger partial charge in [0.2, 0.25) is 10.0 Å². The molecule has 0 aromatic heterocycles. The van der Waals surface area contributed by atoms with E-state index in [0.717, 1.165) is 0 Å². The summed E-state index contributed by atoms with van der Waals surface area (Å²) < 4.78 is 44.7. The van der Waals surface area contributed by atoms with E-state index in [9.17, 15) is 17.6 Å². The van der Waals surface area contributed by atoms with E-state index in [1.165, 1.54) is 49.6 Å². The molecule has 0 saturated heterocycles. The molecule has 0 spiro atoms. The molecular weight excluding hydrogens is 335 g/mol. The first-order valence-corrected chi connectivity index (χ1v) is 8.60. The third kappa shape index (κ3) is 4.09. The van der Waals surface area contributed by atoms with Crippen LogP contribution in [0.15, 0.2) is 47.4 Å². The highest BCUT2D eigenvalue weighted by Gasteiger charge is 2.21. The van der Waals surface area contributed by atoms with Crippen LogP contribution in [0.5, 0.6) is 5.75 Å². The highest BCUT2D eigenvalue weighted by atomic mass is 32.2. The van der Waals surface area contributed by atoms with E-state index >= 15 is 0 Å². The van der Waals surface area contributed by atoms with Crippen LogP contribution in [-0.4, -0.2) is 28.0 Å². The number of halogens is 1. The van der Waals surface area contributed by atoms with Crippen LogP contribution < -0.4 is 14.8 Å². The molecule has 0 bridgehead atoms. The summed E-state index contributed by atoms with van der Waals surface area (Å²) in [5, 5.41) is 2.57. The van der Waals surface area contributed by atoms with Gasteiger partial charge >= 0.3 is 0 Å². The zero-order valence-corrected chi connectivity index (χ0v) is 14.0. The number of carbonyl (C=O) groups is 1. The van der Waals surface area contributed by atoms with Crippen molar-refractivity contribution in [3.05, 3.63) is 53.8 Å². The van der Waals surface area contributed by atoms with Crippen molar-refractivity contribution in [3.63, 3.8) is 0 Å². The Morgan fingerprint density at radius 3 is 2.42 bits per heavy atom. The summed E-state index contributed by atoms with van der Waals surface area (Å²) in [6.45, 7) is 1.85. The lowest BCUT2D eigenvalue weighted by Gasteiger charge is -2.12. The van der Waals surface area contributed by atoms with Crippen LogP contribution in [0, 0.1) is 5.82 Å². The van der Waals surface area contributed by atoms with Gasteiger partial charge < -0.3 is 10.1 Å². The number of ether oxygens (including phenoxy) is 1. The number of anilines is 1. The van der Waals surface area contributed by atoms with Gasteiger partial charge in [-0.3, -0.25) is 4.79 Å². The minimum Gasteiger partial charge on any atom is -0.495 e. The standard InChI is InChI=1S/C16H17FN2O4S/c1-3-18-24(21,22)15-10-11(4-9-14(15)23-2)16(20)19-13-7-5-12(17)6-8-13/h4-10,18H,3H2,1-2H3,(H,19,20). The van der Waals surface area contributed by atoms with Gasteiger partial charge in [-0.2, -0.15) is 0 Å². The van der Waals surface area contributed by atoms with Crippen LogP contribution in [0.3, 0.4) is 0 Å². The third-order valence-corrected chi connectivity index (χ3v) is 4.72. The summed E-state index contributed by atoms with van der Waals surface area (Å²) in [6, 6.07) is 9.33. The number of hydrogen-bond acceptors (Lipinski definition) is 4. The second-order valence-corrected chi connectivity index (χ2v) is 6.56. The minimum absolute atomic E-state index is 0.126. The first kappa shape index (κ1) is 17.9. The molecule has 0 aliphatic carbocycles. The predicted octanol–water partition coefficient (Wildman–Crippen LogP) is 2.38. The Morgan fingerprint density at radius 2 is 1.83 bits per heavy atom. The summed E-state index contributed by atoms with van der Waals surface area (Å²) >= 11 is 0. The molecule has 1 amide bonds. The van der Waals surface area contributed by atoms with Gasteiger partial charge in [-0.05, 0) is 42.5 Å². The molecule has 128 valence electrons. The van der Waals surface area contributed by atoms with Crippen molar-refractivity contribution in [2.45, 2.75) is 11.8 Å². The van der Waals surface area contributed by atoms with E-state index in [2.05, 4.69) is 10.0 Å². The highest BCUT2D eigenvalue weighted by molar-refractivity contribution is 7.89. The zero-order chi connectivity index (χ0) is 17.7. The van der Waals surface area contributed by atoms with Crippen molar-refractivity contribution in [2.75, 3.05) is 19.0 Å². The molecule has 2 aromatic rings. The Kier molecular flexibility index (Phi) is 5.53. The van der Waals surface area contributed by atoms with Gasteiger partial charge in [-0.25, -0.2) is 17.5 Å². The van der Waals surface area contributed by atoms with E-state index < -0.39 is 21.7 Å². The molecule has 0 aliphatic heterocycles. The normalized spacial score (nSPS) is 11.1. The summed E-state index contributed by atoms with van der Waals surface area (Å²) in [4.78, 5) is 12.1. The van der Waals surface area contributed by atoms with Gasteiger partial charge in [0, 0.05) is 17.8 Å². The van der Waals surface area contributed by atoms with Gasteiger partial charge in [0.1, 0.15) is 16.5 Å². The monoisotopic (exact) mass is 352 g/mol. The Bertz CT molecular complexity index is 836. The van der Waals surface area contributed by atoms with Crippen molar-refractivity contribution >= 4 is 21.6 Å². The molecule has 0 radical (unpaired) electrons. The first-order valence-electron chi connectivity index (χ1n) is 7.12. The molecule has 24 heavy (non-hydrogen) atoms. The number of rotatable bonds is 6. The molecule has 0 aliphatic rings. The van der Waals surface area contributed by atoms with Crippen LogP contribution in [0.4, 0.5) is 10.1 Å². The maximum atomic E-state index is 12.9. The number of sulfonamides is 1. The zero-order valence-electron chi connectivity index (χ0n) is 13.2. The lowest BCUT2D eigenvalue weighted by Crippen LogP contribution is -2.24. The molecule has 2 rings (SSSR count). The number of methoxy groups -OCH3 is 1. The van der Waals surface area contributed by atoms with Gasteiger partial charge in [0.05, 0.1) is 7.11 Å². The van der Waals surface area contributed by atoms with Crippen LogP contribution in [0.2, 0.25) is 0 Å². The molecular formula is C16H17FN2O4S. The number of amides is 1. The summed E-state index contributed by atoms with van der Waals surface area (Å²) in [6.07, 6.45) is 0. The van der Waals surface area contributed by atoms with Crippen LogP contribution >= 0.6 is 0 Å². The van der Waals surface area contributed by atoms with E-state index in [4.69, 9.17) is 4.74 Å². The molecule has 0 fully saturated rings. The Hall–Kier alpha value is -2.45. The number of nitrogens with one attached hydrogen (secondary N) is 2. The molecule has 2 aromatic carbocycles. The molecule has 0 saturated carbocycles. The lowest BCUT2D eigenvalue weighted by atomic mass is 10.2. The number of benzene rings is 2. The fourth-order valence-electron chi connectivity index (χ4n) is 2.03. The summed E-state index contributed by atoms with van der Waals surface area (Å²) in [7, 11) is -2.45. The fourth-order valence-corrected chi connectivity index (χ4v) is 3.27. The quantitative estimate of drug-likeness (QED) is 0.836. The topological polar surface area (TPSA) is 84.5 Å². The Balaban J connectivity index is 2.34. The van der Waals surface area contributed by atoms with Crippen molar-refractivity contribution in [1.29, 1.82) is 0 Å². The molecule has 0 unspecified atom stereocenters. The van der Waals surface area contributed by atoms with E-state index in [-0.39, 0.29) is 22.8 Å². The molecule has 0 atom stereocenters. The highest BCUT2D eigenvalue weighted by Crippen LogP contribution is 2.25. The molecule has 8 heteroatoms. The second-order valence-electron chi connectivity index (χ2n) is 4.83. The first-order chi connectivity index (χ1) is 11.4. The van der Waals surface area contributed by atoms with E-state index in [1.807, 2.05) is 0 Å². The largest absolute Gasteiger partial charge is 0.495 e. The summed E-state index contributed by atoms with van der Waals surface area (Å²) in [5.41, 5.74) is 0.532. The van der Waals surface area contributed by atoms with Crippen LogP contribution in [0.1, 0.15) is 17.3 Å².